The Balaban J connectivity index is 1.85. The molecule has 1 aromatic carbocycles. The first-order chi connectivity index (χ1) is 8.96. The summed E-state index contributed by atoms with van der Waals surface area (Å²) in [6.45, 7) is 2.38. The zero-order valence-corrected chi connectivity index (χ0v) is 13.3. The zero-order chi connectivity index (χ0) is 13.9. The van der Waals surface area contributed by atoms with Gasteiger partial charge in [-0.05, 0) is 37.5 Å². The van der Waals surface area contributed by atoms with Gasteiger partial charge in [-0.25, -0.2) is 13.1 Å². The summed E-state index contributed by atoms with van der Waals surface area (Å²) in [5, 5.41) is 3.21. The minimum absolute atomic E-state index is 0.129. The molecular formula is C13H19BrN2O2S. The van der Waals surface area contributed by atoms with Gasteiger partial charge in [0, 0.05) is 23.1 Å². The average molecular weight is 347 g/mol. The van der Waals surface area contributed by atoms with Crippen molar-refractivity contribution in [1.29, 1.82) is 0 Å². The summed E-state index contributed by atoms with van der Waals surface area (Å²) in [5.74, 6) is 0.129. The second-order valence-corrected chi connectivity index (χ2v) is 7.73. The van der Waals surface area contributed by atoms with Crippen LogP contribution in [0.2, 0.25) is 0 Å². The highest BCUT2D eigenvalue weighted by Gasteiger charge is 2.21. The number of halogens is 1. The molecule has 6 heteroatoms. The summed E-state index contributed by atoms with van der Waals surface area (Å²) in [6.07, 6.45) is 2.34. The van der Waals surface area contributed by atoms with Crippen molar-refractivity contribution in [2.75, 3.05) is 12.3 Å². The summed E-state index contributed by atoms with van der Waals surface area (Å²) >= 11 is 3.36. The summed E-state index contributed by atoms with van der Waals surface area (Å²) in [7, 11) is -3.23. The first-order valence-electron chi connectivity index (χ1n) is 6.45. The molecule has 1 saturated carbocycles. The quantitative estimate of drug-likeness (QED) is 0.795. The maximum absolute atomic E-state index is 11.9. The smallest absolute Gasteiger partial charge is 0.213 e. The van der Waals surface area contributed by atoms with Gasteiger partial charge in [0.15, 0.2) is 0 Å². The third-order valence-electron chi connectivity index (χ3n) is 3.11. The highest BCUT2D eigenvalue weighted by molar-refractivity contribution is 9.10. The van der Waals surface area contributed by atoms with E-state index in [2.05, 4.69) is 26.0 Å². The Morgan fingerprint density at radius 3 is 2.53 bits per heavy atom. The van der Waals surface area contributed by atoms with Crippen molar-refractivity contribution in [2.45, 2.75) is 31.8 Å². The van der Waals surface area contributed by atoms with Crippen LogP contribution in [0.5, 0.6) is 0 Å². The standard InChI is InChI=1S/C13H19BrN2O2S/c1-10(11-2-4-12(14)5-3-11)16-19(17,18)9-8-15-13-6-7-13/h2-5,10,13,15-16H,6-9H2,1H3. The molecule has 1 aliphatic rings. The maximum atomic E-state index is 11.9. The molecule has 2 N–H and O–H groups in total. The topological polar surface area (TPSA) is 58.2 Å². The van der Waals surface area contributed by atoms with Crippen molar-refractivity contribution in [3.05, 3.63) is 34.3 Å². The monoisotopic (exact) mass is 346 g/mol. The fraction of sp³-hybridized carbons (Fsp3) is 0.538. The normalized spacial score (nSPS) is 17.4. The Kier molecular flexibility index (Phi) is 5.00. The van der Waals surface area contributed by atoms with Crippen molar-refractivity contribution in [3.8, 4) is 0 Å². The van der Waals surface area contributed by atoms with Gasteiger partial charge in [-0.15, -0.1) is 0 Å². The molecule has 1 atom stereocenters. The summed E-state index contributed by atoms with van der Waals surface area (Å²) in [4.78, 5) is 0. The van der Waals surface area contributed by atoms with Gasteiger partial charge in [0.1, 0.15) is 0 Å². The SMILES string of the molecule is CC(NS(=O)(=O)CCNC1CC1)c1ccc(Br)cc1. The molecule has 0 radical (unpaired) electrons. The van der Waals surface area contributed by atoms with Crippen molar-refractivity contribution in [3.63, 3.8) is 0 Å². The second-order valence-electron chi connectivity index (χ2n) is 4.94. The van der Waals surface area contributed by atoms with Gasteiger partial charge in [-0.2, -0.15) is 0 Å². The minimum atomic E-state index is -3.23. The number of sulfonamides is 1. The lowest BCUT2D eigenvalue weighted by molar-refractivity contribution is 0.562. The lowest BCUT2D eigenvalue weighted by atomic mass is 10.1. The Labute approximate surface area is 123 Å². The van der Waals surface area contributed by atoms with Crippen LogP contribution in [0.3, 0.4) is 0 Å². The number of hydrogen-bond donors (Lipinski definition) is 2. The molecule has 1 aliphatic carbocycles. The van der Waals surface area contributed by atoms with Crippen molar-refractivity contribution >= 4 is 26.0 Å². The molecule has 0 aliphatic heterocycles. The van der Waals surface area contributed by atoms with Gasteiger partial charge in [0.25, 0.3) is 0 Å². The molecule has 0 spiro atoms. The molecule has 1 fully saturated rings. The molecule has 1 aromatic rings. The number of rotatable bonds is 7. The molecule has 0 bridgehead atoms. The van der Waals surface area contributed by atoms with Crippen LogP contribution in [0.1, 0.15) is 31.4 Å². The van der Waals surface area contributed by atoms with Crippen LogP contribution in [0, 0.1) is 0 Å². The van der Waals surface area contributed by atoms with Crippen LogP contribution in [-0.2, 0) is 10.0 Å². The van der Waals surface area contributed by atoms with Gasteiger partial charge in [0.05, 0.1) is 5.75 Å². The van der Waals surface area contributed by atoms with Crippen LogP contribution in [0.25, 0.3) is 0 Å². The third-order valence-corrected chi connectivity index (χ3v) is 5.09. The fourth-order valence-electron chi connectivity index (χ4n) is 1.83. The Morgan fingerprint density at radius 2 is 1.95 bits per heavy atom. The highest BCUT2D eigenvalue weighted by atomic mass is 79.9. The van der Waals surface area contributed by atoms with Crippen LogP contribution < -0.4 is 10.0 Å². The predicted molar refractivity (Wildman–Crippen MR) is 80.5 cm³/mol. The number of benzene rings is 1. The van der Waals surface area contributed by atoms with E-state index in [-0.39, 0.29) is 11.8 Å². The van der Waals surface area contributed by atoms with E-state index in [1.54, 1.807) is 0 Å². The van der Waals surface area contributed by atoms with E-state index in [0.29, 0.717) is 12.6 Å². The van der Waals surface area contributed by atoms with Crippen LogP contribution >= 0.6 is 15.9 Å². The lowest BCUT2D eigenvalue weighted by Gasteiger charge is -2.15. The van der Waals surface area contributed by atoms with Crippen LogP contribution in [0.4, 0.5) is 0 Å². The molecule has 4 nitrogen and oxygen atoms in total. The Morgan fingerprint density at radius 1 is 1.32 bits per heavy atom. The Hall–Kier alpha value is -0.430. The van der Waals surface area contributed by atoms with Crippen molar-refractivity contribution in [1.82, 2.24) is 10.0 Å². The largest absolute Gasteiger partial charge is 0.313 e. The van der Waals surface area contributed by atoms with E-state index in [1.807, 2.05) is 31.2 Å². The molecular weight excluding hydrogens is 328 g/mol. The van der Waals surface area contributed by atoms with Crippen LogP contribution in [-0.4, -0.2) is 26.8 Å². The number of hydrogen-bond acceptors (Lipinski definition) is 3. The predicted octanol–water partition coefficient (Wildman–Crippen LogP) is 2.18. The Bertz CT molecular complexity index is 512. The highest BCUT2D eigenvalue weighted by Crippen LogP contribution is 2.19. The summed E-state index contributed by atoms with van der Waals surface area (Å²) in [6, 6.07) is 7.99. The van der Waals surface area contributed by atoms with Gasteiger partial charge < -0.3 is 5.32 Å². The van der Waals surface area contributed by atoms with Crippen molar-refractivity contribution < 1.29 is 8.42 Å². The molecule has 19 heavy (non-hydrogen) atoms. The molecule has 2 rings (SSSR count). The van der Waals surface area contributed by atoms with Gasteiger partial charge >= 0.3 is 0 Å². The molecule has 0 amide bonds. The van der Waals surface area contributed by atoms with Gasteiger partial charge in [0.2, 0.25) is 10.0 Å². The minimum Gasteiger partial charge on any atom is -0.313 e. The molecule has 106 valence electrons. The average Bonchev–Trinajstić information content (AvgIpc) is 3.13. The summed E-state index contributed by atoms with van der Waals surface area (Å²) in [5.41, 5.74) is 0.960. The van der Waals surface area contributed by atoms with E-state index in [9.17, 15) is 8.42 Å². The maximum Gasteiger partial charge on any atom is 0.213 e. The molecule has 0 aromatic heterocycles. The third kappa shape index (κ3) is 5.22. The fourth-order valence-corrected chi connectivity index (χ4v) is 3.28. The van der Waals surface area contributed by atoms with E-state index < -0.39 is 10.0 Å². The first-order valence-corrected chi connectivity index (χ1v) is 8.90. The molecule has 1 unspecified atom stereocenters. The van der Waals surface area contributed by atoms with E-state index in [0.717, 1.165) is 10.0 Å². The molecule has 0 heterocycles. The van der Waals surface area contributed by atoms with E-state index >= 15 is 0 Å². The molecule has 0 saturated heterocycles. The van der Waals surface area contributed by atoms with E-state index in [4.69, 9.17) is 0 Å². The van der Waals surface area contributed by atoms with Crippen molar-refractivity contribution in [2.24, 2.45) is 0 Å². The second kappa shape index (κ2) is 6.35. The number of nitrogens with one attached hydrogen (secondary N) is 2. The first kappa shape index (κ1) is 15.0. The van der Waals surface area contributed by atoms with Gasteiger partial charge in [-0.1, -0.05) is 28.1 Å². The van der Waals surface area contributed by atoms with Gasteiger partial charge in [-0.3, -0.25) is 0 Å². The zero-order valence-electron chi connectivity index (χ0n) is 10.9. The summed E-state index contributed by atoms with van der Waals surface area (Å²) < 4.78 is 27.5. The van der Waals surface area contributed by atoms with Crippen LogP contribution in [0.15, 0.2) is 28.7 Å². The van der Waals surface area contributed by atoms with E-state index in [1.165, 1.54) is 12.8 Å². The lowest BCUT2D eigenvalue weighted by Crippen LogP contribution is -2.34.